The third-order valence-electron chi connectivity index (χ3n) is 2.63. The number of nitrogens with two attached hydrogens (primary N) is 1. The topological polar surface area (TPSA) is 26.0 Å². The molecule has 2 N–H and O–H groups in total. The van der Waals surface area contributed by atoms with Crippen LogP contribution in [0.3, 0.4) is 0 Å². The summed E-state index contributed by atoms with van der Waals surface area (Å²) in [4.78, 5) is 0. The molecule has 0 aliphatic rings. The van der Waals surface area contributed by atoms with Crippen LogP contribution in [0.5, 0.6) is 0 Å². The Labute approximate surface area is 94.9 Å². The molecule has 0 radical (unpaired) electrons. The van der Waals surface area contributed by atoms with Crippen LogP contribution >= 0.6 is 11.3 Å². The van der Waals surface area contributed by atoms with Crippen LogP contribution in [0.2, 0.25) is 0 Å². The van der Waals surface area contributed by atoms with Crippen molar-refractivity contribution in [3.05, 3.63) is 35.2 Å². The second-order valence-electron chi connectivity index (χ2n) is 4.42. The van der Waals surface area contributed by atoms with Crippen molar-refractivity contribution in [1.82, 2.24) is 0 Å². The lowest BCUT2D eigenvalue weighted by atomic mass is 9.97. The Balaban J connectivity index is 2.38. The molecule has 1 heterocycles. The molecular weight excluding hydrogens is 202 g/mol. The second-order valence-corrected chi connectivity index (χ2v) is 5.34. The molecule has 0 saturated carbocycles. The summed E-state index contributed by atoms with van der Waals surface area (Å²) in [6.45, 7) is 4.43. The van der Waals surface area contributed by atoms with E-state index in [-0.39, 0.29) is 6.04 Å². The van der Waals surface area contributed by atoms with Gasteiger partial charge in [-0.3, -0.25) is 0 Å². The number of thiophene rings is 1. The van der Waals surface area contributed by atoms with Gasteiger partial charge in [0.15, 0.2) is 0 Å². The lowest BCUT2D eigenvalue weighted by molar-refractivity contribution is 0.512. The number of hydrogen-bond donors (Lipinski definition) is 1. The average Bonchev–Trinajstić information content (AvgIpc) is 2.63. The van der Waals surface area contributed by atoms with Crippen LogP contribution in [0.1, 0.15) is 31.9 Å². The van der Waals surface area contributed by atoms with Gasteiger partial charge < -0.3 is 5.73 Å². The first kappa shape index (κ1) is 10.7. The minimum atomic E-state index is 0.173. The average molecular weight is 219 g/mol. The maximum Gasteiger partial charge on any atom is 0.0390 e. The van der Waals surface area contributed by atoms with Gasteiger partial charge in [0, 0.05) is 10.7 Å². The van der Waals surface area contributed by atoms with Crippen molar-refractivity contribution in [2.75, 3.05) is 0 Å². The molecule has 0 bridgehead atoms. The van der Waals surface area contributed by atoms with Crippen molar-refractivity contribution in [2.45, 2.75) is 26.3 Å². The third-order valence-corrected chi connectivity index (χ3v) is 3.61. The Hall–Kier alpha value is -0.860. The van der Waals surface area contributed by atoms with Gasteiger partial charge in [0.25, 0.3) is 0 Å². The smallest absolute Gasteiger partial charge is 0.0390 e. The molecule has 0 aliphatic heterocycles. The van der Waals surface area contributed by atoms with Gasteiger partial charge in [0.2, 0.25) is 0 Å². The van der Waals surface area contributed by atoms with Crippen LogP contribution in [-0.4, -0.2) is 0 Å². The zero-order valence-corrected chi connectivity index (χ0v) is 10.1. The molecule has 2 rings (SSSR count). The summed E-state index contributed by atoms with van der Waals surface area (Å²) in [5.74, 6) is 0.648. The fourth-order valence-electron chi connectivity index (χ4n) is 1.94. The molecular formula is C13H17NS. The maximum atomic E-state index is 6.23. The van der Waals surface area contributed by atoms with Crippen LogP contribution in [-0.2, 0) is 0 Å². The zero-order chi connectivity index (χ0) is 10.8. The van der Waals surface area contributed by atoms with Crippen molar-refractivity contribution < 1.29 is 0 Å². The quantitative estimate of drug-likeness (QED) is 0.831. The summed E-state index contributed by atoms with van der Waals surface area (Å²) in [6.07, 6.45) is 1.05. The Morgan fingerprint density at radius 3 is 2.80 bits per heavy atom. The van der Waals surface area contributed by atoms with E-state index in [1.165, 1.54) is 15.6 Å². The molecule has 2 heteroatoms. The van der Waals surface area contributed by atoms with E-state index in [0.717, 1.165) is 6.42 Å². The minimum Gasteiger partial charge on any atom is -0.324 e. The summed E-state index contributed by atoms with van der Waals surface area (Å²) in [6, 6.07) is 8.74. The van der Waals surface area contributed by atoms with E-state index in [1.807, 2.05) is 0 Å². The van der Waals surface area contributed by atoms with E-state index in [0.29, 0.717) is 5.92 Å². The predicted molar refractivity (Wildman–Crippen MR) is 68.2 cm³/mol. The molecule has 1 aromatic carbocycles. The van der Waals surface area contributed by atoms with Gasteiger partial charge in [0.1, 0.15) is 0 Å². The Kier molecular flexibility index (Phi) is 3.08. The summed E-state index contributed by atoms with van der Waals surface area (Å²) in [5, 5.41) is 3.45. The first-order chi connectivity index (χ1) is 7.18. The Bertz CT molecular complexity index is 444. The number of benzene rings is 1. The van der Waals surface area contributed by atoms with E-state index >= 15 is 0 Å². The van der Waals surface area contributed by atoms with Crippen molar-refractivity contribution >= 4 is 21.4 Å². The molecule has 0 aliphatic carbocycles. The molecule has 0 amide bonds. The van der Waals surface area contributed by atoms with Gasteiger partial charge in [-0.2, -0.15) is 0 Å². The van der Waals surface area contributed by atoms with E-state index < -0.39 is 0 Å². The highest BCUT2D eigenvalue weighted by Gasteiger charge is 2.11. The lowest BCUT2D eigenvalue weighted by Crippen LogP contribution is -2.12. The minimum absolute atomic E-state index is 0.173. The van der Waals surface area contributed by atoms with E-state index in [2.05, 4.69) is 43.5 Å². The second kappa shape index (κ2) is 4.33. The molecule has 0 saturated heterocycles. The lowest BCUT2D eigenvalue weighted by Gasteiger charge is -2.15. The Morgan fingerprint density at radius 1 is 1.27 bits per heavy atom. The van der Waals surface area contributed by atoms with Gasteiger partial charge in [-0.1, -0.05) is 32.0 Å². The number of rotatable bonds is 3. The van der Waals surface area contributed by atoms with E-state index in [4.69, 9.17) is 5.73 Å². The number of fused-ring (bicyclic) bond motifs is 1. The summed E-state index contributed by atoms with van der Waals surface area (Å²) in [7, 11) is 0. The normalized spacial score (nSPS) is 13.6. The van der Waals surface area contributed by atoms with Crippen molar-refractivity contribution in [3.63, 3.8) is 0 Å². The maximum absolute atomic E-state index is 6.23. The fraction of sp³-hybridized carbons (Fsp3) is 0.385. The van der Waals surface area contributed by atoms with E-state index in [1.54, 1.807) is 11.3 Å². The largest absolute Gasteiger partial charge is 0.324 e. The summed E-state index contributed by atoms with van der Waals surface area (Å²) >= 11 is 1.79. The van der Waals surface area contributed by atoms with Crippen molar-refractivity contribution in [2.24, 2.45) is 11.7 Å². The van der Waals surface area contributed by atoms with Crippen LogP contribution in [0.15, 0.2) is 29.6 Å². The van der Waals surface area contributed by atoms with Gasteiger partial charge in [0.05, 0.1) is 0 Å². The monoisotopic (exact) mass is 219 g/mol. The predicted octanol–water partition coefficient (Wildman–Crippen LogP) is 3.95. The van der Waals surface area contributed by atoms with Gasteiger partial charge in [-0.05, 0) is 34.7 Å². The molecule has 1 aromatic heterocycles. The van der Waals surface area contributed by atoms with Crippen LogP contribution < -0.4 is 5.73 Å². The Morgan fingerprint density at radius 2 is 2.07 bits per heavy atom. The van der Waals surface area contributed by atoms with E-state index in [9.17, 15) is 0 Å². The zero-order valence-electron chi connectivity index (χ0n) is 9.23. The molecule has 1 unspecified atom stereocenters. The van der Waals surface area contributed by atoms with Gasteiger partial charge >= 0.3 is 0 Å². The SMILES string of the molecule is CC(C)CC(N)c1cccc2ccsc12. The summed E-state index contributed by atoms with van der Waals surface area (Å²) < 4.78 is 1.35. The number of hydrogen-bond acceptors (Lipinski definition) is 2. The first-order valence-electron chi connectivity index (χ1n) is 5.40. The van der Waals surface area contributed by atoms with Gasteiger partial charge in [-0.25, -0.2) is 0 Å². The first-order valence-corrected chi connectivity index (χ1v) is 6.28. The highest BCUT2D eigenvalue weighted by atomic mass is 32.1. The summed E-state index contributed by atoms with van der Waals surface area (Å²) in [5.41, 5.74) is 7.53. The van der Waals surface area contributed by atoms with Crippen molar-refractivity contribution in [1.29, 1.82) is 0 Å². The van der Waals surface area contributed by atoms with Gasteiger partial charge in [-0.15, -0.1) is 11.3 Å². The van der Waals surface area contributed by atoms with Crippen molar-refractivity contribution in [3.8, 4) is 0 Å². The molecule has 1 atom stereocenters. The van der Waals surface area contributed by atoms with Crippen LogP contribution in [0.25, 0.3) is 10.1 Å². The molecule has 15 heavy (non-hydrogen) atoms. The molecule has 80 valence electrons. The third kappa shape index (κ3) is 2.21. The fourth-order valence-corrected chi connectivity index (χ4v) is 2.92. The molecule has 1 nitrogen and oxygen atoms in total. The molecule has 0 fully saturated rings. The highest BCUT2D eigenvalue weighted by Crippen LogP contribution is 2.30. The molecule has 2 aromatic rings. The van der Waals surface area contributed by atoms with Crippen LogP contribution in [0.4, 0.5) is 0 Å². The molecule has 0 spiro atoms. The highest BCUT2D eigenvalue weighted by molar-refractivity contribution is 7.17. The van der Waals surface area contributed by atoms with Crippen LogP contribution in [0, 0.1) is 5.92 Å². The standard InChI is InChI=1S/C13H17NS/c1-9(2)8-12(14)11-5-3-4-10-6-7-15-13(10)11/h3-7,9,12H,8,14H2,1-2H3.